The number of hydrogen-bond donors (Lipinski definition) is 0. The molecule has 0 saturated carbocycles. The third-order valence-electron chi connectivity index (χ3n) is 9.29. The number of benzene rings is 4. The molecule has 0 spiro atoms. The molecule has 0 atom stereocenters. The van der Waals surface area contributed by atoms with Crippen LogP contribution in [-0.2, 0) is 22.6 Å². The van der Waals surface area contributed by atoms with Crippen molar-refractivity contribution in [1.29, 1.82) is 0 Å². The van der Waals surface area contributed by atoms with Crippen LogP contribution in [0.15, 0.2) is 103 Å². The molecule has 0 aliphatic carbocycles. The number of carbonyl (C=O) groups excluding carboxylic acids is 1. The van der Waals surface area contributed by atoms with Crippen LogP contribution in [0.4, 0.5) is 0 Å². The van der Waals surface area contributed by atoms with Crippen LogP contribution < -0.4 is 9.47 Å². The van der Waals surface area contributed by atoms with Crippen LogP contribution in [0, 0.1) is 0 Å². The summed E-state index contributed by atoms with van der Waals surface area (Å²) >= 11 is 0. The number of hydrogen-bond acceptors (Lipinski definition) is 7. The highest BCUT2D eigenvalue weighted by molar-refractivity contribution is 6.03. The Morgan fingerprint density at radius 1 is 0.720 bits per heavy atom. The van der Waals surface area contributed by atoms with E-state index in [0.717, 1.165) is 71.0 Å². The summed E-state index contributed by atoms with van der Waals surface area (Å²) < 4.78 is 24.0. The van der Waals surface area contributed by atoms with Crippen molar-refractivity contribution in [2.24, 2.45) is 0 Å². The van der Waals surface area contributed by atoms with Crippen LogP contribution in [0.25, 0.3) is 10.9 Å². The van der Waals surface area contributed by atoms with Crippen LogP contribution in [0.5, 0.6) is 11.5 Å². The Labute approximate surface area is 295 Å². The molecule has 1 aliphatic rings. The van der Waals surface area contributed by atoms with Gasteiger partial charge in [-0.15, -0.1) is 0 Å². The number of methoxy groups -OCH3 is 2. The van der Waals surface area contributed by atoms with Gasteiger partial charge in [0.05, 0.1) is 0 Å². The molecule has 50 heavy (non-hydrogen) atoms. The molecule has 1 amide bonds. The number of para-hydroxylation sites is 1. The SMILES string of the molecule is COCOc1ccc(C(c2ccc(OCOC)cc2)c2c(C(=O)N3CCN(Cc4ccccc4)CC3)n(CCN(C)C)c3ccccc23)cc1. The van der Waals surface area contributed by atoms with E-state index < -0.39 is 0 Å². The number of fused-ring (bicyclic) bond motifs is 1. The van der Waals surface area contributed by atoms with Crippen molar-refractivity contribution in [2.45, 2.75) is 19.0 Å². The molecule has 1 fully saturated rings. The lowest BCUT2D eigenvalue weighted by atomic mass is 9.83. The van der Waals surface area contributed by atoms with Gasteiger partial charge in [0.2, 0.25) is 0 Å². The lowest BCUT2D eigenvalue weighted by Crippen LogP contribution is -2.49. The van der Waals surface area contributed by atoms with Gasteiger partial charge in [0.1, 0.15) is 17.2 Å². The third-order valence-corrected chi connectivity index (χ3v) is 9.29. The van der Waals surface area contributed by atoms with Crippen LogP contribution in [-0.4, -0.2) is 99.8 Å². The zero-order valence-electron chi connectivity index (χ0n) is 29.6. The molecule has 6 rings (SSSR count). The summed E-state index contributed by atoms with van der Waals surface area (Å²) in [5.41, 5.74) is 6.20. The second-order valence-electron chi connectivity index (χ2n) is 13.0. The Morgan fingerprint density at radius 2 is 1.28 bits per heavy atom. The van der Waals surface area contributed by atoms with Gasteiger partial charge in [0.15, 0.2) is 13.6 Å². The van der Waals surface area contributed by atoms with Gasteiger partial charge < -0.3 is 33.3 Å². The van der Waals surface area contributed by atoms with Crippen molar-refractivity contribution < 1.29 is 23.7 Å². The second-order valence-corrected chi connectivity index (χ2v) is 13.0. The quantitative estimate of drug-likeness (QED) is 0.121. The highest BCUT2D eigenvalue weighted by Gasteiger charge is 2.33. The third kappa shape index (κ3) is 8.20. The average Bonchev–Trinajstić information content (AvgIpc) is 3.47. The fraction of sp³-hybridized carbons (Fsp3) is 0.341. The maximum Gasteiger partial charge on any atom is 0.270 e. The first-order valence-electron chi connectivity index (χ1n) is 17.2. The predicted octanol–water partition coefficient (Wildman–Crippen LogP) is 6.31. The van der Waals surface area contributed by atoms with Crippen LogP contribution >= 0.6 is 0 Å². The zero-order chi connectivity index (χ0) is 34.9. The van der Waals surface area contributed by atoms with Crippen molar-refractivity contribution in [2.75, 3.05) is 74.6 Å². The number of nitrogens with zero attached hydrogens (tertiary/aromatic N) is 4. The van der Waals surface area contributed by atoms with E-state index in [1.165, 1.54) is 5.56 Å². The van der Waals surface area contributed by atoms with E-state index in [0.29, 0.717) is 19.6 Å². The summed E-state index contributed by atoms with van der Waals surface area (Å²) in [6.45, 7) is 5.68. The summed E-state index contributed by atoms with van der Waals surface area (Å²) in [7, 11) is 7.36. The van der Waals surface area contributed by atoms with Crippen molar-refractivity contribution in [3.05, 3.63) is 131 Å². The molecule has 262 valence electrons. The number of ether oxygens (including phenoxy) is 4. The molecule has 1 saturated heterocycles. The molecule has 0 radical (unpaired) electrons. The van der Waals surface area contributed by atoms with E-state index in [9.17, 15) is 0 Å². The minimum atomic E-state index is -0.244. The van der Waals surface area contributed by atoms with Gasteiger partial charge in [-0.25, -0.2) is 0 Å². The van der Waals surface area contributed by atoms with Gasteiger partial charge in [-0.1, -0.05) is 72.8 Å². The average molecular weight is 677 g/mol. The fourth-order valence-electron chi connectivity index (χ4n) is 6.78. The van der Waals surface area contributed by atoms with E-state index in [1.54, 1.807) is 14.2 Å². The number of carbonyl (C=O) groups is 1. The van der Waals surface area contributed by atoms with E-state index in [2.05, 4.69) is 101 Å². The maximum absolute atomic E-state index is 15.0. The smallest absolute Gasteiger partial charge is 0.270 e. The van der Waals surface area contributed by atoms with Gasteiger partial charge in [0.25, 0.3) is 5.91 Å². The lowest BCUT2D eigenvalue weighted by molar-refractivity contribution is 0.0509. The minimum Gasteiger partial charge on any atom is -0.468 e. The molecule has 9 nitrogen and oxygen atoms in total. The lowest BCUT2D eigenvalue weighted by Gasteiger charge is -2.35. The zero-order valence-corrected chi connectivity index (χ0v) is 29.6. The predicted molar refractivity (Wildman–Crippen MR) is 197 cm³/mol. The molecule has 9 heteroatoms. The molecule has 4 aromatic carbocycles. The van der Waals surface area contributed by atoms with E-state index in [4.69, 9.17) is 18.9 Å². The van der Waals surface area contributed by atoms with E-state index in [1.807, 2.05) is 35.2 Å². The molecular weight excluding hydrogens is 628 g/mol. The molecule has 5 aromatic rings. The minimum absolute atomic E-state index is 0.0689. The number of rotatable bonds is 15. The van der Waals surface area contributed by atoms with Crippen LogP contribution in [0.3, 0.4) is 0 Å². The van der Waals surface area contributed by atoms with Gasteiger partial charge in [-0.2, -0.15) is 0 Å². The first-order chi connectivity index (χ1) is 24.5. The van der Waals surface area contributed by atoms with Gasteiger partial charge in [-0.05, 0) is 61.1 Å². The summed E-state index contributed by atoms with van der Waals surface area (Å²) in [5, 5.41) is 1.07. The van der Waals surface area contributed by atoms with Gasteiger partial charge in [-0.3, -0.25) is 9.69 Å². The van der Waals surface area contributed by atoms with E-state index >= 15 is 4.79 Å². The first kappa shape index (κ1) is 35.2. The molecule has 0 N–H and O–H groups in total. The number of aromatic nitrogens is 1. The summed E-state index contributed by atoms with van der Waals surface area (Å²) in [5.74, 6) is 1.26. The highest BCUT2D eigenvalue weighted by atomic mass is 16.7. The van der Waals surface area contributed by atoms with Crippen molar-refractivity contribution in [1.82, 2.24) is 19.3 Å². The van der Waals surface area contributed by atoms with Gasteiger partial charge in [0, 0.05) is 82.4 Å². The summed E-state index contributed by atoms with van der Waals surface area (Å²) in [6.07, 6.45) is 0. The normalized spacial score (nSPS) is 13.8. The van der Waals surface area contributed by atoms with Crippen molar-refractivity contribution in [3.8, 4) is 11.5 Å². The molecule has 0 unspecified atom stereocenters. The Kier molecular flexibility index (Phi) is 11.8. The van der Waals surface area contributed by atoms with E-state index in [-0.39, 0.29) is 25.4 Å². The number of piperazine rings is 1. The van der Waals surface area contributed by atoms with Crippen LogP contribution in [0.1, 0.15) is 38.7 Å². The van der Waals surface area contributed by atoms with Crippen molar-refractivity contribution >= 4 is 16.8 Å². The molecule has 1 aliphatic heterocycles. The Balaban J connectivity index is 1.44. The number of amides is 1. The standard InChI is InChI=1S/C41H48N4O5/c1-42(2)22-27-45-37-13-9-8-12-36(37)39(40(45)41(46)44-25-23-43(24-26-44)28-31-10-6-5-7-11-31)38(32-14-18-34(19-15-32)49-29-47-3)33-16-20-35(21-17-33)50-30-48-4/h5-21,38H,22-30H2,1-4H3. The topological polar surface area (TPSA) is 68.6 Å². The van der Waals surface area contributed by atoms with Gasteiger partial charge >= 0.3 is 0 Å². The van der Waals surface area contributed by atoms with Crippen molar-refractivity contribution in [3.63, 3.8) is 0 Å². The summed E-state index contributed by atoms with van der Waals surface area (Å²) in [4.78, 5) is 21.7. The molecule has 1 aromatic heterocycles. The largest absolute Gasteiger partial charge is 0.468 e. The van der Waals surface area contributed by atoms with Crippen LogP contribution in [0.2, 0.25) is 0 Å². The molecule has 2 heterocycles. The fourth-order valence-corrected chi connectivity index (χ4v) is 6.78. The Bertz CT molecular complexity index is 1760. The molecule has 0 bridgehead atoms. The monoisotopic (exact) mass is 676 g/mol. The number of likely N-dealkylation sites (N-methyl/N-ethyl adjacent to an activating group) is 1. The Morgan fingerprint density at radius 3 is 1.84 bits per heavy atom. The highest BCUT2D eigenvalue weighted by Crippen LogP contribution is 2.41. The Hall–Kier alpha value is -4.67. The first-order valence-corrected chi connectivity index (χ1v) is 17.2. The second kappa shape index (κ2) is 16.8. The summed E-state index contributed by atoms with van der Waals surface area (Å²) in [6, 6.07) is 35.2. The molecular formula is C41H48N4O5. The maximum atomic E-state index is 15.0.